The standard InChI is InChI=1S/C22H19ClN4O4S2/c23-13-8-9-15(14(11-13)18(28)12-5-1-2-6-12)25-21(31)27-22-26-17(19(29)30)20(33-22)32-16-7-3-4-10-24-16/h3-4,7-12H,1-2,5-6H2,(H,29,30)(H2,25,26,27,31). The maximum absolute atomic E-state index is 12.9. The molecule has 4 rings (SSSR count). The number of amides is 2. The normalized spacial score (nSPS) is 13.6. The summed E-state index contributed by atoms with van der Waals surface area (Å²) >= 11 is 8.27. The fourth-order valence-corrected chi connectivity index (χ4v) is 5.75. The van der Waals surface area contributed by atoms with Crippen LogP contribution in [0.15, 0.2) is 51.8 Å². The van der Waals surface area contributed by atoms with Crippen LogP contribution in [0.4, 0.5) is 15.6 Å². The number of carbonyl (C=O) groups is 3. The number of carboxylic acid groups (broad SMARTS) is 1. The van der Waals surface area contributed by atoms with Gasteiger partial charge in [0.05, 0.1) is 5.69 Å². The van der Waals surface area contributed by atoms with E-state index in [1.54, 1.807) is 42.6 Å². The second kappa shape index (κ2) is 10.3. The molecule has 1 saturated carbocycles. The Kier molecular flexibility index (Phi) is 7.26. The fourth-order valence-electron chi connectivity index (χ4n) is 3.55. The van der Waals surface area contributed by atoms with Crippen LogP contribution in [0, 0.1) is 5.92 Å². The van der Waals surface area contributed by atoms with Crippen LogP contribution in [-0.4, -0.2) is 32.9 Å². The summed E-state index contributed by atoms with van der Waals surface area (Å²) in [5.41, 5.74) is 0.530. The van der Waals surface area contributed by atoms with E-state index in [1.165, 1.54) is 0 Å². The first-order valence-electron chi connectivity index (χ1n) is 10.2. The SMILES string of the molecule is O=C(Nc1nc(C(=O)O)c(Sc2ccccn2)s1)Nc1ccc(Cl)cc1C(=O)C1CCCC1. The molecule has 1 aromatic carbocycles. The second-order valence-corrected chi connectivity index (χ2v) is 10.1. The van der Waals surface area contributed by atoms with Gasteiger partial charge in [-0.05, 0) is 43.2 Å². The van der Waals surface area contributed by atoms with Gasteiger partial charge in [0, 0.05) is 22.7 Å². The zero-order valence-corrected chi connectivity index (χ0v) is 19.6. The number of ketones is 1. The molecule has 0 radical (unpaired) electrons. The molecular formula is C22H19ClN4O4S2. The summed E-state index contributed by atoms with van der Waals surface area (Å²) in [4.78, 5) is 45.4. The average Bonchev–Trinajstić information content (AvgIpc) is 3.46. The van der Waals surface area contributed by atoms with E-state index in [4.69, 9.17) is 11.6 Å². The van der Waals surface area contributed by atoms with Crippen LogP contribution in [0.2, 0.25) is 5.02 Å². The minimum absolute atomic E-state index is 0.0400. The third-order valence-electron chi connectivity index (χ3n) is 5.08. The van der Waals surface area contributed by atoms with Gasteiger partial charge in [0.2, 0.25) is 0 Å². The summed E-state index contributed by atoms with van der Waals surface area (Å²) in [6.07, 6.45) is 5.27. The number of hydrogen-bond acceptors (Lipinski definition) is 7. The molecule has 33 heavy (non-hydrogen) atoms. The van der Waals surface area contributed by atoms with Gasteiger partial charge in [-0.15, -0.1) is 0 Å². The van der Waals surface area contributed by atoms with E-state index in [0.29, 0.717) is 25.5 Å². The molecule has 0 atom stereocenters. The van der Waals surface area contributed by atoms with Gasteiger partial charge >= 0.3 is 12.0 Å². The quantitative estimate of drug-likeness (QED) is 0.336. The number of aromatic carboxylic acids is 1. The van der Waals surface area contributed by atoms with Crippen molar-refractivity contribution in [1.29, 1.82) is 0 Å². The molecule has 0 saturated heterocycles. The number of thiazole rings is 1. The molecule has 170 valence electrons. The number of halogens is 1. The number of hydrogen-bond donors (Lipinski definition) is 3. The van der Waals surface area contributed by atoms with Crippen LogP contribution in [0.1, 0.15) is 46.5 Å². The molecule has 1 aliphatic carbocycles. The molecular weight excluding hydrogens is 484 g/mol. The van der Waals surface area contributed by atoms with Crippen LogP contribution in [0.3, 0.4) is 0 Å². The van der Waals surface area contributed by atoms with E-state index < -0.39 is 12.0 Å². The summed E-state index contributed by atoms with van der Waals surface area (Å²) in [5, 5.41) is 15.8. The highest BCUT2D eigenvalue weighted by Gasteiger charge is 2.26. The number of aromatic nitrogens is 2. The number of pyridine rings is 1. The maximum atomic E-state index is 12.9. The number of carbonyl (C=O) groups excluding carboxylic acids is 2. The lowest BCUT2D eigenvalue weighted by atomic mass is 9.95. The van der Waals surface area contributed by atoms with Crippen molar-refractivity contribution < 1.29 is 19.5 Å². The lowest BCUT2D eigenvalue weighted by Gasteiger charge is -2.14. The van der Waals surface area contributed by atoms with Crippen LogP contribution in [0.5, 0.6) is 0 Å². The first kappa shape index (κ1) is 23.2. The topological polar surface area (TPSA) is 121 Å². The summed E-state index contributed by atoms with van der Waals surface area (Å²) < 4.78 is 0.389. The van der Waals surface area contributed by atoms with Crippen molar-refractivity contribution in [2.24, 2.45) is 5.92 Å². The van der Waals surface area contributed by atoms with Crippen LogP contribution >= 0.6 is 34.7 Å². The number of Topliss-reactive ketones (excluding diaryl/α,β-unsaturated/α-hetero) is 1. The molecule has 11 heteroatoms. The number of nitrogens with one attached hydrogen (secondary N) is 2. The van der Waals surface area contributed by atoms with Gasteiger partial charge in [-0.3, -0.25) is 10.1 Å². The van der Waals surface area contributed by atoms with Crippen molar-refractivity contribution in [3.63, 3.8) is 0 Å². The Morgan fingerprint density at radius 3 is 2.61 bits per heavy atom. The number of anilines is 2. The Morgan fingerprint density at radius 1 is 1.12 bits per heavy atom. The maximum Gasteiger partial charge on any atom is 0.356 e. The monoisotopic (exact) mass is 502 g/mol. The molecule has 3 N–H and O–H groups in total. The van der Waals surface area contributed by atoms with E-state index >= 15 is 0 Å². The van der Waals surface area contributed by atoms with Gasteiger partial charge in [0.25, 0.3) is 0 Å². The molecule has 0 bridgehead atoms. The highest BCUT2D eigenvalue weighted by Crippen LogP contribution is 2.37. The molecule has 1 fully saturated rings. The van der Waals surface area contributed by atoms with Crippen molar-refractivity contribution >= 4 is 63.3 Å². The lowest BCUT2D eigenvalue weighted by Crippen LogP contribution is -2.22. The molecule has 1 aliphatic rings. The Hall–Kier alpha value is -2.95. The molecule has 2 amide bonds. The first-order valence-corrected chi connectivity index (χ1v) is 12.2. The van der Waals surface area contributed by atoms with E-state index in [0.717, 1.165) is 48.8 Å². The van der Waals surface area contributed by atoms with Crippen LogP contribution in [-0.2, 0) is 0 Å². The molecule has 8 nitrogen and oxygen atoms in total. The minimum atomic E-state index is -1.21. The van der Waals surface area contributed by atoms with E-state index in [9.17, 15) is 19.5 Å². The Balaban J connectivity index is 1.51. The number of rotatable bonds is 7. The lowest BCUT2D eigenvalue weighted by molar-refractivity contribution is 0.0687. The molecule has 0 unspecified atom stereocenters. The van der Waals surface area contributed by atoms with Gasteiger partial charge in [0.15, 0.2) is 16.6 Å². The highest BCUT2D eigenvalue weighted by molar-refractivity contribution is 8.01. The Bertz CT molecular complexity index is 1200. The molecule has 0 aliphatic heterocycles. The minimum Gasteiger partial charge on any atom is -0.476 e. The van der Waals surface area contributed by atoms with Gasteiger partial charge in [-0.1, -0.05) is 53.6 Å². The summed E-state index contributed by atoms with van der Waals surface area (Å²) in [6.45, 7) is 0. The summed E-state index contributed by atoms with van der Waals surface area (Å²) in [5.74, 6) is -1.32. The third kappa shape index (κ3) is 5.70. The summed E-state index contributed by atoms with van der Waals surface area (Å²) in [7, 11) is 0. The summed E-state index contributed by atoms with van der Waals surface area (Å²) in [6, 6.07) is 9.39. The molecule has 0 spiro atoms. The second-order valence-electron chi connectivity index (χ2n) is 7.34. The van der Waals surface area contributed by atoms with E-state index in [2.05, 4.69) is 20.6 Å². The number of urea groups is 1. The zero-order valence-electron chi connectivity index (χ0n) is 17.2. The smallest absolute Gasteiger partial charge is 0.356 e. The predicted molar refractivity (Wildman–Crippen MR) is 128 cm³/mol. The predicted octanol–water partition coefficient (Wildman–Crippen LogP) is 6.06. The average molecular weight is 503 g/mol. The van der Waals surface area contributed by atoms with Crippen LogP contribution < -0.4 is 10.6 Å². The number of carboxylic acids is 1. The van der Waals surface area contributed by atoms with Crippen LogP contribution in [0.25, 0.3) is 0 Å². The van der Waals surface area contributed by atoms with Gasteiger partial charge in [-0.2, -0.15) is 0 Å². The van der Waals surface area contributed by atoms with E-state index in [-0.39, 0.29) is 22.5 Å². The Morgan fingerprint density at radius 2 is 1.91 bits per heavy atom. The fraction of sp³-hybridized carbons (Fsp3) is 0.227. The van der Waals surface area contributed by atoms with Crippen molar-refractivity contribution in [2.45, 2.75) is 34.9 Å². The number of benzene rings is 1. The van der Waals surface area contributed by atoms with Crippen molar-refractivity contribution in [3.8, 4) is 0 Å². The number of nitrogens with zero attached hydrogens (tertiary/aromatic N) is 2. The zero-order chi connectivity index (χ0) is 23.4. The van der Waals surface area contributed by atoms with Gasteiger partial charge in [0.1, 0.15) is 9.24 Å². The largest absolute Gasteiger partial charge is 0.476 e. The van der Waals surface area contributed by atoms with Gasteiger partial charge < -0.3 is 10.4 Å². The molecule has 2 heterocycles. The van der Waals surface area contributed by atoms with Crippen molar-refractivity contribution in [1.82, 2.24) is 9.97 Å². The van der Waals surface area contributed by atoms with Crippen molar-refractivity contribution in [2.75, 3.05) is 10.6 Å². The Labute approximate surface area is 202 Å². The molecule has 3 aromatic rings. The third-order valence-corrected chi connectivity index (χ3v) is 7.41. The van der Waals surface area contributed by atoms with E-state index in [1.807, 2.05) is 0 Å². The van der Waals surface area contributed by atoms with Gasteiger partial charge in [-0.25, -0.2) is 19.6 Å². The highest BCUT2D eigenvalue weighted by atomic mass is 35.5. The molecule has 2 aromatic heterocycles. The first-order chi connectivity index (χ1) is 15.9. The van der Waals surface area contributed by atoms with Crippen molar-refractivity contribution in [3.05, 3.63) is 58.9 Å².